The number of aryl methyl sites for hydroxylation is 3. The van der Waals surface area contributed by atoms with E-state index in [1.165, 1.54) is 11.1 Å². The van der Waals surface area contributed by atoms with E-state index in [-0.39, 0.29) is 24.2 Å². The first-order valence-electron chi connectivity index (χ1n) is 11.4. The van der Waals surface area contributed by atoms with Gasteiger partial charge in [0.15, 0.2) is 0 Å². The van der Waals surface area contributed by atoms with Crippen LogP contribution >= 0.6 is 0 Å². The molecule has 4 rings (SSSR count). The molecule has 1 saturated heterocycles. The van der Waals surface area contributed by atoms with Gasteiger partial charge in [-0.2, -0.15) is 0 Å². The van der Waals surface area contributed by atoms with Gasteiger partial charge in [0.1, 0.15) is 5.65 Å². The first-order valence-corrected chi connectivity index (χ1v) is 11.4. The highest BCUT2D eigenvalue weighted by atomic mass is 16.5. The molecule has 0 unspecified atom stereocenters. The van der Waals surface area contributed by atoms with Gasteiger partial charge in [-0.15, -0.1) is 0 Å². The summed E-state index contributed by atoms with van der Waals surface area (Å²) in [5.41, 5.74) is 7.18. The average Bonchev–Trinajstić information content (AvgIpc) is 3.15. The molecule has 0 N–H and O–H groups in total. The Morgan fingerprint density at radius 3 is 2.50 bits per heavy atom. The van der Waals surface area contributed by atoms with Crippen LogP contribution in [-0.4, -0.2) is 45.9 Å². The number of imidazole rings is 1. The third kappa shape index (κ3) is 4.27. The van der Waals surface area contributed by atoms with Crippen molar-refractivity contribution in [3.63, 3.8) is 0 Å². The van der Waals surface area contributed by atoms with Crippen molar-refractivity contribution in [2.75, 3.05) is 19.7 Å². The van der Waals surface area contributed by atoms with Crippen molar-refractivity contribution in [1.82, 2.24) is 14.3 Å². The molecule has 0 saturated carbocycles. The minimum Gasteiger partial charge on any atom is -0.466 e. The third-order valence-electron chi connectivity index (χ3n) is 6.51. The number of pyridine rings is 1. The molecule has 1 aliphatic heterocycles. The highest BCUT2D eigenvalue weighted by Crippen LogP contribution is 2.29. The van der Waals surface area contributed by atoms with Crippen molar-refractivity contribution >= 4 is 17.5 Å². The Hall–Kier alpha value is -3.15. The molecule has 1 aromatic carbocycles. The second-order valence-corrected chi connectivity index (χ2v) is 8.67. The number of likely N-dealkylation sites (tertiary alicyclic amines) is 1. The fourth-order valence-corrected chi connectivity index (χ4v) is 4.42. The van der Waals surface area contributed by atoms with E-state index < -0.39 is 0 Å². The van der Waals surface area contributed by atoms with Crippen molar-refractivity contribution in [1.29, 1.82) is 0 Å². The highest BCUT2D eigenvalue weighted by molar-refractivity contribution is 5.82. The lowest BCUT2D eigenvalue weighted by Gasteiger charge is -2.31. The van der Waals surface area contributed by atoms with Crippen LogP contribution in [0.25, 0.3) is 16.9 Å². The van der Waals surface area contributed by atoms with Gasteiger partial charge in [0.05, 0.1) is 30.3 Å². The molecule has 3 aromatic rings. The summed E-state index contributed by atoms with van der Waals surface area (Å²) in [4.78, 5) is 32.1. The largest absolute Gasteiger partial charge is 0.466 e. The van der Waals surface area contributed by atoms with Gasteiger partial charge in [-0.05, 0) is 69.4 Å². The number of ether oxygens (including phenoxy) is 1. The molecule has 0 atom stereocenters. The van der Waals surface area contributed by atoms with E-state index in [0.717, 1.165) is 28.2 Å². The maximum Gasteiger partial charge on any atom is 0.309 e. The number of carbonyl (C=O) groups excluding carboxylic acids is 2. The molecule has 6 nitrogen and oxygen atoms in total. The molecule has 0 radical (unpaired) electrons. The molecule has 3 heterocycles. The molecule has 0 bridgehead atoms. The van der Waals surface area contributed by atoms with Crippen molar-refractivity contribution in [2.24, 2.45) is 5.92 Å². The SMILES string of the molecule is CCOC(=O)C1CCN(C(=O)Cc2c(-c3ccc(C)c(C)c3)nc3c(C)cccn23)CC1. The number of piperidine rings is 1. The summed E-state index contributed by atoms with van der Waals surface area (Å²) < 4.78 is 7.20. The topological polar surface area (TPSA) is 63.9 Å². The predicted octanol–water partition coefficient (Wildman–Crippen LogP) is 4.27. The smallest absolute Gasteiger partial charge is 0.309 e. The lowest BCUT2D eigenvalue weighted by Crippen LogP contribution is -2.41. The molecule has 6 heteroatoms. The van der Waals surface area contributed by atoms with Crippen LogP contribution < -0.4 is 0 Å². The van der Waals surface area contributed by atoms with Crippen LogP contribution in [0.1, 0.15) is 42.1 Å². The number of esters is 1. The van der Waals surface area contributed by atoms with E-state index in [2.05, 4.69) is 32.0 Å². The number of amides is 1. The lowest BCUT2D eigenvalue weighted by atomic mass is 9.96. The monoisotopic (exact) mass is 433 g/mol. The molecule has 0 spiro atoms. The summed E-state index contributed by atoms with van der Waals surface area (Å²) in [6.07, 6.45) is 3.56. The van der Waals surface area contributed by atoms with E-state index >= 15 is 0 Å². The van der Waals surface area contributed by atoms with Crippen molar-refractivity contribution in [3.05, 3.63) is 58.9 Å². The zero-order valence-corrected chi connectivity index (χ0v) is 19.4. The van der Waals surface area contributed by atoms with E-state index in [0.29, 0.717) is 32.5 Å². The molecular formula is C26H31N3O3. The molecule has 0 aliphatic carbocycles. The summed E-state index contributed by atoms with van der Waals surface area (Å²) in [5, 5.41) is 0. The lowest BCUT2D eigenvalue weighted by molar-refractivity contribution is -0.151. The van der Waals surface area contributed by atoms with Crippen molar-refractivity contribution in [3.8, 4) is 11.3 Å². The minimum atomic E-state index is -0.145. The maximum atomic E-state index is 13.3. The van der Waals surface area contributed by atoms with E-state index in [1.54, 1.807) is 0 Å². The number of benzene rings is 1. The number of hydrogen-bond acceptors (Lipinski definition) is 4. The van der Waals surface area contributed by atoms with Crippen LogP contribution in [0.3, 0.4) is 0 Å². The Bertz CT molecular complexity index is 1160. The van der Waals surface area contributed by atoms with Gasteiger partial charge in [-0.25, -0.2) is 4.98 Å². The van der Waals surface area contributed by atoms with Crippen molar-refractivity contribution < 1.29 is 14.3 Å². The van der Waals surface area contributed by atoms with E-state index in [4.69, 9.17) is 9.72 Å². The molecule has 1 amide bonds. The van der Waals surface area contributed by atoms with Crippen molar-refractivity contribution in [2.45, 2.75) is 47.0 Å². The summed E-state index contributed by atoms with van der Waals surface area (Å²) in [5.74, 6) is -0.182. The Morgan fingerprint density at radius 1 is 1.06 bits per heavy atom. The van der Waals surface area contributed by atoms with E-state index in [9.17, 15) is 9.59 Å². The normalized spacial score (nSPS) is 14.7. The van der Waals surface area contributed by atoms with Crippen LogP contribution in [-0.2, 0) is 20.7 Å². The second kappa shape index (κ2) is 9.15. The Balaban J connectivity index is 1.61. The van der Waals surface area contributed by atoms with Crippen LogP contribution in [0, 0.1) is 26.7 Å². The molecule has 168 valence electrons. The zero-order chi connectivity index (χ0) is 22.8. The first kappa shape index (κ1) is 22.1. The number of hydrogen-bond donors (Lipinski definition) is 0. The summed E-state index contributed by atoms with van der Waals surface area (Å²) in [7, 11) is 0. The molecule has 2 aromatic heterocycles. The fraction of sp³-hybridized carbons (Fsp3) is 0.423. The van der Waals surface area contributed by atoms with Gasteiger partial charge in [0.2, 0.25) is 5.91 Å². The van der Waals surface area contributed by atoms with Crippen LogP contribution in [0.4, 0.5) is 0 Å². The Kier molecular flexibility index (Phi) is 6.31. The number of fused-ring (bicyclic) bond motifs is 1. The average molecular weight is 434 g/mol. The minimum absolute atomic E-state index is 0.0701. The van der Waals surface area contributed by atoms with E-state index in [1.807, 2.05) is 41.5 Å². The summed E-state index contributed by atoms with van der Waals surface area (Å²) >= 11 is 0. The first-order chi connectivity index (χ1) is 15.4. The van der Waals surface area contributed by atoms with Crippen LogP contribution in [0.5, 0.6) is 0 Å². The maximum absolute atomic E-state index is 13.3. The predicted molar refractivity (Wildman–Crippen MR) is 124 cm³/mol. The second-order valence-electron chi connectivity index (χ2n) is 8.67. The van der Waals surface area contributed by atoms with Gasteiger partial charge >= 0.3 is 5.97 Å². The standard InChI is InChI=1S/C26H31N3O3/c1-5-32-26(31)20-10-13-28(14-11-20)23(30)16-22-24(21-9-8-17(2)19(4)15-21)27-25-18(3)7-6-12-29(22)25/h6-9,12,15,20H,5,10-11,13-14,16H2,1-4H3. The third-order valence-corrected chi connectivity index (χ3v) is 6.51. The number of rotatable bonds is 5. The zero-order valence-electron chi connectivity index (χ0n) is 19.4. The molecule has 32 heavy (non-hydrogen) atoms. The number of carbonyl (C=O) groups is 2. The van der Waals surface area contributed by atoms with Gasteiger partial charge in [-0.1, -0.05) is 18.2 Å². The summed E-state index contributed by atoms with van der Waals surface area (Å²) in [6, 6.07) is 10.4. The van der Waals surface area contributed by atoms with Gasteiger partial charge in [0, 0.05) is 24.8 Å². The Morgan fingerprint density at radius 2 is 1.81 bits per heavy atom. The molecule has 1 aliphatic rings. The number of nitrogens with zero attached hydrogens (tertiary/aromatic N) is 3. The van der Waals surface area contributed by atoms with Gasteiger partial charge in [-0.3, -0.25) is 9.59 Å². The quantitative estimate of drug-likeness (QED) is 0.564. The highest BCUT2D eigenvalue weighted by Gasteiger charge is 2.29. The molecular weight excluding hydrogens is 402 g/mol. The van der Waals surface area contributed by atoms with Gasteiger partial charge < -0.3 is 14.0 Å². The summed E-state index contributed by atoms with van der Waals surface area (Å²) in [6.45, 7) is 9.61. The fourth-order valence-electron chi connectivity index (χ4n) is 4.42. The van der Waals surface area contributed by atoms with Crippen LogP contribution in [0.15, 0.2) is 36.5 Å². The van der Waals surface area contributed by atoms with Gasteiger partial charge in [0.25, 0.3) is 0 Å². The molecule has 1 fully saturated rings. The van der Waals surface area contributed by atoms with Crippen LogP contribution in [0.2, 0.25) is 0 Å². The number of aromatic nitrogens is 2. The Labute approximate surface area is 189 Å².